The number of hydrogen-bond acceptors (Lipinski definition) is 6. The van der Waals surface area contributed by atoms with Crippen molar-refractivity contribution in [1.82, 2.24) is 15.1 Å². The average Bonchev–Trinajstić information content (AvgIpc) is 3.31. The molecule has 0 amide bonds. The number of aromatic nitrogens is 2. The molecule has 0 aliphatic carbocycles. The zero-order valence-electron chi connectivity index (χ0n) is 17.4. The lowest BCUT2D eigenvalue weighted by atomic mass is 9.90. The van der Waals surface area contributed by atoms with Crippen LogP contribution in [0.3, 0.4) is 0 Å². The average molecular weight is 412 g/mol. The van der Waals surface area contributed by atoms with Gasteiger partial charge in [0.05, 0.1) is 0 Å². The van der Waals surface area contributed by atoms with Crippen molar-refractivity contribution in [3.63, 3.8) is 0 Å². The molecule has 5 nitrogen and oxygen atoms in total. The third kappa shape index (κ3) is 4.43. The molecular weight excluding hydrogens is 378 g/mol. The van der Waals surface area contributed by atoms with Gasteiger partial charge in [0.15, 0.2) is 0 Å². The Labute approximate surface area is 178 Å². The summed E-state index contributed by atoms with van der Waals surface area (Å²) in [5.41, 5.74) is 1.49. The number of hydrogen-bond donors (Lipinski definition) is 0. The van der Waals surface area contributed by atoms with Gasteiger partial charge >= 0.3 is 0 Å². The topological polar surface area (TPSA) is 35.5 Å². The molecule has 3 aliphatic rings. The van der Waals surface area contributed by atoms with Gasteiger partial charge in [-0.3, -0.25) is 0 Å². The number of benzene rings is 1. The molecule has 3 fully saturated rings. The summed E-state index contributed by atoms with van der Waals surface area (Å²) >= 11 is 1.80. The normalized spacial score (nSPS) is 22.9. The summed E-state index contributed by atoms with van der Waals surface area (Å²) in [7, 11) is 0. The predicted molar refractivity (Wildman–Crippen MR) is 121 cm³/mol. The van der Waals surface area contributed by atoms with Gasteiger partial charge in [-0.15, -0.1) is 10.2 Å². The van der Waals surface area contributed by atoms with Gasteiger partial charge in [-0.2, -0.15) is 0 Å². The number of piperidine rings is 3. The van der Waals surface area contributed by atoms with E-state index < -0.39 is 0 Å². The van der Waals surface area contributed by atoms with Crippen LogP contribution in [-0.4, -0.2) is 60.4 Å². The molecule has 1 aromatic carbocycles. The third-order valence-electron chi connectivity index (χ3n) is 7.08. The van der Waals surface area contributed by atoms with Crippen molar-refractivity contribution in [1.29, 1.82) is 0 Å². The lowest BCUT2D eigenvalue weighted by Gasteiger charge is -2.40. The highest BCUT2D eigenvalue weighted by atomic mass is 32.1. The van der Waals surface area contributed by atoms with Crippen molar-refractivity contribution in [3.8, 4) is 0 Å². The number of anilines is 2. The van der Waals surface area contributed by atoms with Crippen LogP contribution in [0.5, 0.6) is 0 Å². The zero-order chi connectivity index (χ0) is 19.5. The van der Waals surface area contributed by atoms with Crippen LogP contribution in [-0.2, 0) is 0 Å². The molecule has 4 heterocycles. The van der Waals surface area contributed by atoms with E-state index in [1.807, 2.05) is 0 Å². The fourth-order valence-corrected chi connectivity index (χ4v) is 6.25. The monoisotopic (exact) mass is 411 g/mol. The molecule has 0 bridgehead atoms. The molecule has 156 valence electrons. The minimum atomic E-state index is 0.689. The Kier molecular flexibility index (Phi) is 6.00. The first kappa shape index (κ1) is 19.3. The van der Waals surface area contributed by atoms with Crippen LogP contribution in [0.2, 0.25) is 0 Å². The second-order valence-corrected chi connectivity index (χ2v) is 9.79. The summed E-state index contributed by atoms with van der Waals surface area (Å²) in [4.78, 5) is 7.66. The minimum Gasteiger partial charge on any atom is -0.347 e. The third-order valence-corrected chi connectivity index (χ3v) is 8.13. The van der Waals surface area contributed by atoms with Gasteiger partial charge < -0.3 is 14.7 Å². The fourth-order valence-electron chi connectivity index (χ4n) is 5.30. The molecule has 5 rings (SSSR count). The lowest BCUT2D eigenvalue weighted by molar-refractivity contribution is 0.141. The molecular formula is C23H33N5S. The summed E-state index contributed by atoms with van der Waals surface area (Å²) in [6.07, 6.45) is 9.17. The van der Waals surface area contributed by atoms with Gasteiger partial charge in [0, 0.05) is 32.2 Å². The Morgan fingerprint density at radius 1 is 0.690 bits per heavy atom. The van der Waals surface area contributed by atoms with Gasteiger partial charge in [0.2, 0.25) is 10.3 Å². The summed E-state index contributed by atoms with van der Waals surface area (Å²) in [6, 6.07) is 11.8. The van der Waals surface area contributed by atoms with E-state index in [0.29, 0.717) is 5.92 Å². The summed E-state index contributed by atoms with van der Waals surface area (Å²) in [5, 5.41) is 11.4. The quantitative estimate of drug-likeness (QED) is 0.746. The number of rotatable bonds is 4. The van der Waals surface area contributed by atoms with Crippen LogP contribution in [0.15, 0.2) is 30.3 Å². The Morgan fingerprint density at radius 3 is 1.90 bits per heavy atom. The van der Waals surface area contributed by atoms with E-state index in [-0.39, 0.29) is 0 Å². The van der Waals surface area contributed by atoms with Crippen LogP contribution in [0.25, 0.3) is 0 Å². The Hall–Kier alpha value is -1.66. The maximum atomic E-state index is 4.57. The van der Waals surface area contributed by atoms with Crippen LogP contribution in [0.1, 0.15) is 56.4 Å². The van der Waals surface area contributed by atoms with E-state index in [4.69, 9.17) is 0 Å². The van der Waals surface area contributed by atoms with Crippen molar-refractivity contribution in [2.24, 2.45) is 0 Å². The minimum absolute atomic E-state index is 0.689. The Bertz CT molecular complexity index is 757. The van der Waals surface area contributed by atoms with Crippen molar-refractivity contribution in [3.05, 3.63) is 35.9 Å². The van der Waals surface area contributed by atoms with Gasteiger partial charge in [-0.05, 0) is 63.1 Å². The van der Waals surface area contributed by atoms with Gasteiger partial charge in [-0.1, -0.05) is 48.1 Å². The van der Waals surface area contributed by atoms with E-state index in [2.05, 4.69) is 55.2 Å². The first-order valence-corrected chi connectivity index (χ1v) is 12.3. The first-order valence-electron chi connectivity index (χ1n) is 11.5. The molecule has 6 heteroatoms. The zero-order valence-corrected chi connectivity index (χ0v) is 18.2. The molecule has 29 heavy (non-hydrogen) atoms. The van der Waals surface area contributed by atoms with E-state index in [9.17, 15) is 0 Å². The smallest absolute Gasteiger partial charge is 0.209 e. The van der Waals surface area contributed by atoms with Gasteiger partial charge in [0.25, 0.3) is 0 Å². The van der Waals surface area contributed by atoms with Crippen LogP contribution < -0.4 is 9.80 Å². The highest BCUT2D eigenvalue weighted by Crippen LogP contribution is 2.34. The largest absolute Gasteiger partial charge is 0.347 e. The number of likely N-dealkylation sites (tertiary alicyclic amines) is 1. The van der Waals surface area contributed by atoms with Crippen LogP contribution >= 0.6 is 11.3 Å². The van der Waals surface area contributed by atoms with Gasteiger partial charge in [-0.25, -0.2) is 0 Å². The molecule has 0 atom stereocenters. The Morgan fingerprint density at radius 2 is 1.28 bits per heavy atom. The molecule has 0 saturated carbocycles. The van der Waals surface area contributed by atoms with Gasteiger partial charge in [0.1, 0.15) is 0 Å². The van der Waals surface area contributed by atoms with E-state index >= 15 is 0 Å². The second-order valence-electron chi connectivity index (χ2n) is 8.85. The van der Waals surface area contributed by atoms with E-state index in [1.54, 1.807) is 11.3 Å². The standard InChI is InChI=1S/C23H33N5S/c1-3-7-19(8-4-1)20-9-15-27(16-10-20)22-24-25-23(29-22)28-17-11-21(12-18-28)26-13-5-2-6-14-26/h1,3-4,7-8,20-21H,2,5-6,9-18H2. The van der Waals surface area contributed by atoms with Crippen molar-refractivity contribution in [2.45, 2.75) is 56.9 Å². The van der Waals surface area contributed by atoms with Crippen molar-refractivity contribution >= 4 is 21.6 Å². The molecule has 3 aliphatic heterocycles. The fraction of sp³-hybridized carbons (Fsp3) is 0.652. The first-order chi connectivity index (χ1) is 14.4. The number of nitrogens with zero attached hydrogens (tertiary/aromatic N) is 5. The Balaban J connectivity index is 1.14. The molecule has 0 N–H and O–H groups in total. The SMILES string of the molecule is c1ccc(C2CCN(c3nnc(N4CCC(N5CCCCC5)CC4)s3)CC2)cc1. The molecule has 0 radical (unpaired) electrons. The predicted octanol–water partition coefficient (Wildman–Crippen LogP) is 4.38. The molecule has 3 saturated heterocycles. The van der Waals surface area contributed by atoms with E-state index in [0.717, 1.165) is 42.5 Å². The molecule has 0 spiro atoms. The highest BCUT2D eigenvalue weighted by molar-refractivity contribution is 7.19. The van der Waals surface area contributed by atoms with Crippen LogP contribution in [0.4, 0.5) is 10.3 Å². The highest BCUT2D eigenvalue weighted by Gasteiger charge is 2.28. The van der Waals surface area contributed by atoms with E-state index in [1.165, 1.54) is 63.6 Å². The molecule has 0 unspecified atom stereocenters. The second kappa shape index (κ2) is 9.00. The van der Waals surface area contributed by atoms with Crippen molar-refractivity contribution in [2.75, 3.05) is 49.1 Å². The lowest BCUT2D eigenvalue weighted by Crippen LogP contribution is -2.46. The molecule has 1 aromatic heterocycles. The summed E-state index contributed by atoms with van der Waals surface area (Å²) in [5.74, 6) is 0.689. The summed E-state index contributed by atoms with van der Waals surface area (Å²) < 4.78 is 0. The summed E-state index contributed by atoms with van der Waals surface area (Å²) in [6.45, 7) is 7.06. The maximum Gasteiger partial charge on any atom is 0.209 e. The van der Waals surface area contributed by atoms with Crippen molar-refractivity contribution < 1.29 is 0 Å². The maximum absolute atomic E-state index is 4.57. The van der Waals surface area contributed by atoms with Crippen LogP contribution in [0, 0.1) is 0 Å². The molecule has 2 aromatic rings.